The lowest BCUT2D eigenvalue weighted by molar-refractivity contribution is 0.0987. The van der Waals surface area contributed by atoms with Gasteiger partial charge in [-0.1, -0.05) is 19.1 Å². The van der Waals surface area contributed by atoms with Crippen LogP contribution in [0.1, 0.15) is 30.1 Å². The molecule has 1 aromatic heterocycles. The Morgan fingerprint density at radius 2 is 1.84 bits per heavy atom. The van der Waals surface area contributed by atoms with E-state index in [1.54, 1.807) is 18.3 Å². The number of hydrogen-bond donors (Lipinski definition) is 0. The SMILES string of the molecule is CCC(=O)c1cc(F)c(OCCCN2CCN(c3cccc4ccsc34)CC2)c(F)c1. The van der Waals surface area contributed by atoms with E-state index in [4.69, 9.17) is 4.74 Å². The van der Waals surface area contributed by atoms with Crippen LogP contribution < -0.4 is 9.64 Å². The van der Waals surface area contributed by atoms with Crippen molar-refractivity contribution in [3.05, 3.63) is 59.0 Å². The van der Waals surface area contributed by atoms with Crippen LogP contribution in [0.3, 0.4) is 0 Å². The van der Waals surface area contributed by atoms with Crippen molar-refractivity contribution >= 4 is 32.9 Å². The Kier molecular flexibility index (Phi) is 6.83. The standard InChI is InChI=1S/C24H26F2N2O2S/c1-2-22(29)18-15-19(25)23(20(26)16-18)30-13-4-8-27-9-11-28(12-10-27)21-6-3-5-17-7-14-31-24(17)21/h3,5-7,14-16H,2,4,8-13H2,1H3. The smallest absolute Gasteiger partial charge is 0.190 e. The molecule has 0 bridgehead atoms. The number of rotatable bonds is 8. The molecule has 0 radical (unpaired) electrons. The number of ketones is 1. The molecule has 3 aromatic rings. The zero-order chi connectivity index (χ0) is 21.8. The highest BCUT2D eigenvalue weighted by Crippen LogP contribution is 2.32. The molecule has 7 heteroatoms. The van der Waals surface area contributed by atoms with E-state index in [-0.39, 0.29) is 24.4 Å². The normalized spacial score (nSPS) is 14.9. The van der Waals surface area contributed by atoms with Crippen LogP contribution in [0.4, 0.5) is 14.5 Å². The number of carbonyl (C=O) groups is 1. The highest BCUT2D eigenvalue weighted by atomic mass is 32.1. The lowest BCUT2D eigenvalue weighted by atomic mass is 10.1. The highest BCUT2D eigenvalue weighted by molar-refractivity contribution is 7.17. The molecule has 0 N–H and O–H groups in total. The van der Waals surface area contributed by atoms with E-state index < -0.39 is 17.4 Å². The summed E-state index contributed by atoms with van der Waals surface area (Å²) in [6.07, 6.45) is 0.879. The fourth-order valence-electron chi connectivity index (χ4n) is 3.96. The molecule has 0 saturated carbocycles. The molecule has 1 fully saturated rings. The summed E-state index contributed by atoms with van der Waals surface area (Å²) in [6, 6.07) is 10.7. The lowest BCUT2D eigenvalue weighted by Gasteiger charge is -2.36. The van der Waals surface area contributed by atoms with Gasteiger partial charge in [0.05, 0.1) is 17.0 Å². The number of thiophene rings is 1. The van der Waals surface area contributed by atoms with E-state index in [1.165, 1.54) is 15.8 Å². The molecule has 4 rings (SSSR count). The van der Waals surface area contributed by atoms with E-state index in [1.807, 2.05) is 0 Å². The maximum Gasteiger partial charge on any atom is 0.190 e. The van der Waals surface area contributed by atoms with Crippen LogP contribution in [-0.2, 0) is 0 Å². The minimum atomic E-state index is -0.826. The number of anilines is 1. The van der Waals surface area contributed by atoms with Crippen LogP contribution in [-0.4, -0.2) is 50.0 Å². The highest BCUT2D eigenvalue weighted by Gasteiger charge is 2.19. The first kappa shape index (κ1) is 21.7. The average Bonchev–Trinajstić information content (AvgIpc) is 3.27. The van der Waals surface area contributed by atoms with Gasteiger partial charge in [-0.2, -0.15) is 0 Å². The van der Waals surface area contributed by atoms with E-state index in [0.29, 0.717) is 6.42 Å². The Labute approximate surface area is 185 Å². The van der Waals surface area contributed by atoms with Gasteiger partial charge in [0.2, 0.25) is 0 Å². The Balaban J connectivity index is 1.25. The molecule has 0 amide bonds. The molecule has 2 heterocycles. The van der Waals surface area contributed by atoms with Gasteiger partial charge < -0.3 is 9.64 Å². The predicted molar refractivity (Wildman–Crippen MR) is 122 cm³/mol. The second-order valence-corrected chi connectivity index (χ2v) is 8.61. The fraction of sp³-hybridized carbons (Fsp3) is 0.375. The first-order chi connectivity index (χ1) is 15.1. The molecule has 2 aromatic carbocycles. The van der Waals surface area contributed by atoms with Gasteiger partial charge in [-0.25, -0.2) is 8.78 Å². The molecule has 4 nitrogen and oxygen atoms in total. The van der Waals surface area contributed by atoms with Crippen molar-refractivity contribution in [2.24, 2.45) is 0 Å². The van der Waals surface area contributed by atoms with Crippen LogP contribution in [0, 0.1) is 11.6 Å². The Hall–Kier alpha value is -2.51. The van der Waals surface area contributed by atoms with E-state index >= 15 is 0 Å². The maximum absolute atomic E-state index is 14.1. The molecule has 1 aliphatic heterocycles. The third-order valence-electron chi connectivity index (χ3n) is 5.68. The minimum Gasteiger partial charge on any atom is -0.488 e. The van der Waals surface area contributed by atoms with Gasteiger partial charge >= 0.3 is 0 Å². The quantitative estimate of drug-likeness (QED) is 0.346. The number of piperazine rings is 1. The second-order valence-electron chi connectivity index (χ2n) is 7.69. The van der Waals surface area contributed by atoms with Crippen molar-refractivity contribution in [1.29, 1.82) is 0 Å². The van der Waals surface area contributed by atoms with E-state index in [9.17, 15) is 13.6 Å². The van der Waals surface area contributed by atoms with Crippen molar-refractivity contribution in [3.8, 4) is 5.75 Å². The molecule has 164 valence electrons. The van der Waals surface area contributed by atoms with Gasteiger partial charge in [-0.3, -0.25) is 9.69 Å². The first-order valence-corrected chi connectivity index (χ1v) is 11.5. The zero-order valence-electron chi connectivity index (χ0n) is 17.6. The summed E-state index contributed by atoms with van der Waals surface area (Å²) in [5.41, 5.74) is 1.34. The summed E-state index contributed by atoms with van der Waals surface area (Å²) in [7, 11) is 0. The third kappa shape index (κ3) is 4.88. The van der Waals surface area contributed by atoms with Crippen molar-refractivity contribution in [2.45, 2.75) is 19.8 Å². The second kappa shape index (κ2) is 9.75. The van der Waals surface area contributed by atoms with Crippen LogP contribution >= 0.6 is 11.3 Å². The average molecular weight is 445 g/mol. The van der Waals surface area contributed by atoms with Crippen LogP contribution in [0.5, 0.6) is 5.75 Å². The molecular formula is C24H26F2N2O2S. The van der Waals surface area contributed by atoms with Crippen molar-refractivity contribution in [3.63, 3.8) is 0 Å². The largest absolute Gasteiger partial charge is 0.488 e. The lowest BCUT2D eigenvalue weighted by Crippen LogP contribution is -2.46. The minimum absolute atomic E-state index is 0.0426. The van der Waals surface area contributed by atoms with Crippen molar-refractivity contribution in [2.75, 3.05) is 44.2 Å². The number of hydrogen-bond acceptors (Lipinski definition) is 5. The van der Waals surface area contributed by atoms with Crippen molar-refractivity contribution in [1.82, 2.24) is 4.90 Å². The predicted octanol–water partition coefficient (Wildman–Crippen LogP) is 5.36. The number of Topliss-reactive ketones (excluding diaryl/α,β-unsaturated/α-hetero) is 1. The van der Waals surface area contributed by atoms with E-state index in [0.717, 1.165) is 44.9 Å². The van der Waals surface area contributed by atoms with Gasteiger partial charge in [-0.15, -0.1) is 11.3 Å². The Bertz CT molecular complexity index is 1040. The molecule has 0 unspecified atom stereocenters. The summed E-state index contributed by atoms with van der Waals surface area (Å²) >= 11 is 1.78. The molecule has 0 atom stereocenters. The molecule has 0 aliphatic carbocycles. The number of fused-ring (bicyclic) bond motifs is 1. The number of ether oxygens (including phenoxy) is 1. The fourth-order valence-corrected chi connectivity index (χ4v) is 4.90. The summed E-state index contributed by atoms with van der Waals surface area (Å²) in [5.74, 6) is -2.35. The summed E-state index contributed by atoms with van der Waals surface area (Å²) in [5, 5.41) is 3.42. The molecule has 31 heavy (non-hydrogen) atoms. The monoisotopic (exact) mass is 444 g/mol. The number of carbonyl (C=O) groups excluding carboxylic acids is 1. The van der Waals surface area contributed by atoms with Crippen LogP contribution in [0.15, 0.2) is 41.8 Å². The Morgan fingerprint density at radius 3 is 2.55 bits per heavy atom. The van der Waals surface area contributed by atoms with Gasteiger partial charge in [0.25, 0.3) is 0 Å². The van der Waals surface area contributed by atoms with Crippen molar-refractivity contribution < 1.29 is 18.3 Å². The third-order valence-corrected chi connectivity index (χ3v) is 6.63. The maximum atomic E-state index is 14.1. The summed E-state index contributed by atoms with van der Waals surface area (Å²) < 4.78 is 35.0. The molecular weight excluding hydrogens is 418 g/mol. The van der Waals surface area contributed by atoms with Gasteiger partial charge in [0.1, 0.15) is 0 Å². The molecule has 1 aliphatic rings. The number of nitrogens with zero attached hydrogens (tertiary/aromatic N) is 2. The van der Waals surface area contributed by atoms with Gasteiger partial charge in [-0.05, 0) is 41.5 Å². The zero-order valence-corrected chi connectivity index (χ0v) is 18.4. The summed E-state index contributed by atoms with van der Waals surface area (Å²) in [6.45, 7) is 6.49. The summed E-state index contributed by atoms with van der Waals surface area (Å²) in [4.78, 5) is 16.4. The van der Waals surface area contributed by atoms with Gasteiger partial charge in [0.15, 0.2) is 23.2 Å². The molecule has 0 spiro atoms. The van der Waals surface area contributed by atoms with E-state index in [2.05, 4.69) is 39.4 Å². The number of benzene rings is 2. The van der Waals surface area contributed by atoms with Gasteiger partial charge in [0, 0.05) is 44.7 Å². The molecule has 1 saturated heterocycles. The number of halogens is 2. The topological polar surface area (TPSA) is 32.8 Å². The Morgan fingerprint density at radius 1 is 1.10 bits per heavy atom. The first-order valence-electron chi connectivity index (χ1n) is 10.7. The van der Waals surface area contributed by atoms with Crippen LogP contribution in [0.2, 0.25) is 0 Å². The van der Waals surface area contributed by atoms with Crippen LogP contribution in [0.25, 0.3) is 10.1 Å².